The summed E-state index contributed by atoms with van der Waals surface area (Å²) in [6, 6.07) is 0. The zero-order chi connectivity index (χ0) is 8.39. The molecule has 66 valence electrons. The van der Waals surface area contributed by atoms with Crippen molar-refractivity contribution in [3.05, 3.63) is 12.2 Å². The Morgan fingerprint density at radius 2 is 2.00 bits per heavy atom. The molecular weight excluding hydrogens is 152 g/mol. The third kappa shape index (κ3) is 1.52. The molecule has 12 heavy (non-hydrogen) atoms. The van der Waals surface area contributed by atoms with Gasteiger partial charge < -0.3 is 4.74 Å². The fourth-order valence-corrected chi connectivity index (χ4v) is 2.10. The minimum atomic E-state index is -0.162. The van der Waals surface area contributed by atoms with Gasteiger partial charge in [0.1, 0.15) is 6.10 Å². The first-order chi connectivity index (χ1) is 5.86. The molecule has 1 aliphatic carbocycles. The molecule has 0 spiro atoms. The van der Waals surface area contributed by atoms with Crippen LogP contribution < -0.4 is 0 Å². The van der Waals surface area contributed by atoms with E-state index in [1.807, 2.05) is 6.08 Å². The molecule has 0 N–H and O–H groups in total. The predicted molar refractivity (Wildman–Crippen MR) is 45.6 cm³/mol. The van der Waals surface area contributed by atoms with E-state index in [2.05, 4.69) is 0 Å². The Balaban J connectivity index is 1.91. The molecule has 1 atom stereocenters. The first-order valence-corrected chi connectivity index (χ1v) is 4.75. The lowest BCUT2D eigenvalue weighted by Crippen LogP contribution is -2.22. The number of hydrogen-bond donors (Lipinski definition) is 0. The van der Waals surface area contributed by atoms with Crippen molar-refractivity contribution in [3.63, 3.8) is 0 Å². The Labute approximate surface area is 72.6 Å². The summed E-state index contributed by atoms with van der Waals surface area (Å²) in [5.74, 6) is 0.437. The van der Waals surface area contributed by atoms with Gasteiger partial charge in [-0.25, -0.2) is 4.79 Å². The lowest BCUT2D eigenvalue weighted by Gasteiger charge is -2.25. The fraction of sp³-hybridized carbons (Fsp3) is 0.700. The average molecular weight is 166 g/mol. The van der Waals surface area contributed by atoms with Crippen LogP contribution in [0.5, 0.6) is 0 Å². The van der Waals surface area contributed by atoms with Crippen molar-refractivity contribution in [2.75, 3.05) is 0 Å². The van der Waals surface area contributed by atoms with Crippen molar-refractivity contribution in [2.45, 2.75) is 38.2 Å². The highest BCUT2D eigenvalue weighted by Gasteiger charge is 2.27. The summed E-state index contributed by atoms with van der Waals surface area (Å²) >= 11 is 0. The van der Waals surface area contributed by atoms with Crippen molar-refractivity contribution >= 4 is 5.97 Å². The van der Waals surface area contributed by atoms with Crippen molar-refractivity contribution in [1.29, 1.82) is 0 Å². The van der Waals surface area contributed by atoms with E-state index in [4.69, 9.17) is 4.74 Å². The summed E-state index contributed by atoms with van der Waals surface area (Å²) in [5.41, 5.74) is 0. The van der Waals surface area contributed by atoms with Crippen LogP contribution in [0, 0.1) is 5.92 Å². The average Bonchev–Trinajstić information content (AvgIpc) is 2.54. The molecular formula is C10H14O2. The van der Waals surface area contributed by atoms with Crippen LogP contribution in [0.2, 0.25) is 0 Å². The molecule has 1 fully saturated rings. The zero-order valence-corrected chi connectivity index (χ0v) is 7.16. The van der Waals surface area contributed by atoms with Crippen LogP contribution >= 0.6 is 0 Å². The summed E-state index contributed by atoms with van der Waals surface area (Å²) in [7, 11) is 0. The molecule has 0 bridgehead atoms. The molecule has 1 heterocycles. The van der Waals surface area contributed by atoms with Gasteiger partial charge in [-0.2, -0.15) is 0 Å². The smallest absolute Gasteiger partial charge is 0.331 e. The maximum absolute atomic E-state index is 10.8. The van der Waals surface area contributed by atoms with Gasteiger partial charge in [0.05, 0.1) is 0 Å². The topological polar surface area (TPSA) is 26.3 Å². The molecule has 0 aromatic heterocycles. The lowest BCUT2D eigenvalue weighted by molar-refractivity contribution is -0.140. The molecule has 2 heteroatoms. The van der Waals surface area contributed by atoms with E-state index in [1.165, 1.54) is 32.1 Å². The third-order valence-corrected chi connectivity index (χ3v) is 2.79. The number of cyclic esters (lactones) is 1. The fourth-order valence-electron chi connectivity index (χ4n) is 2.10. The first-order valence-electron chi connectivity index (χ1n) is 4.75. The van der Waals surface area contributed by atoms with Crippen LogP contribution in [-0.2, 0) is 9.53 Å². The van der Waals surface area contributed by atoms with Gasteiger partial charge in [0, 0.05) is 6.08 Å². The number of carbonyl (C=O) groups excluding carboxylic acids is 1. The molecule has 0 aromatic rings. The van der Waals surface area contributed by atoms with Gasteiger partial charge in [-0.15, -0.1) is 0 Å². The Hall–Kier alpha value is -0.790. The molecule has 0 amide bonds. The first kappa shape index (κ1) is 7.84. The van der Waals surface area contributed by atoms with Gasteiger partial charge in [0.25, 0.3) is 0 Å². The normalized spacial score (nSPS) is 30.7. The number of ether oxygens (including phenoxy) is 1. The Morgan fingerprint density at radius 3 is 2.58 bits per heavy atom. The lowest BCUT2D eigenvalue weighted by atomic mass is 9.85. The summed E-state index contributed by atoms with van der Waals surface area (Å²) < 4.78 is 5.15. The maximum atomic E-state index is 10.8. The number of hydrogen-bond acceptors (Lipinski definition) is 2. The van der Waals surface area contributed by atoms with E-state index in [0.29, 0.717) is 5.92 Å². The monoisotopic (exact) mass is 166 g/mol. The van der Waals surface area contributed by atoms with E-state index in [0.717, 1.165) is 0 Å². The quantitative estimate of drug-likeness (QED) is 0.557. The van der Waals surface area contributed by atoms with E-state index in [1.54, 1.807) is 6.08 Å². The number of carbonyl (C=O) groups is 1. The third-order valence-electron chi connectivity index (χ3n) is 2.79. The number of esters is 1. The Bertz CT molecular complexity index is 202. The highest BCUT2D eigenvalue weighted by atomic mass is 16.5. The second kappa shape index (κ2) is 3.30. The van der Waals surface area contributed by atoms with Crippen LogP contribution in [0.25, 0.3) is 0 Å². The van der Waals surface area contributed by atoms with E-state index >= 15 is 0 Å². The second-order valence-corrected chi connectivity index (χ2v) is 3.66. The molecule has 0 radical (unpaired) electrons. The van der Waals surface area contributed by atoms with Crippen LogP contribution in [0.1, 0.15) is 32.1 Å². The minimum absolute atomic E-state index is 0.0952. The molecule has 0 unspecified atom stereocenters. The Kier molecular flexibility index (Phi) is 2.15. The molecule has 2 nitrogen and oxygen atoms in total. The van der Waals surface area contributed by atoms with Crippen molar-refractivity contribution < 1.29 is 9.53 Å². The minimum Gasteiger partial charge on any atom is -0.455 e. The molecule has 1 saturated carbocycles. The van der Waals surface area contributed by atoms with Gasteiger partial charge in [0.2, 0.25) is 0 Å². The van der Waals surface area contributed by atoms with Crippen LogP contribution in [0.4, 0.5) is 0 Å². The van der Waals surface area contributed by atoms with Gasteiger partial charge in [0.15, 0.2) is 0 Å². The van der Waals surface area contributed by atoms with Gasteiger partial charge >= 0.3 is 5.97 Å². The SMILES string of the molecule is O=C1C=C[C@H](C2CCCCC2)O1. The summed E-state index contributed by atoms with van der Waals surface area (Å²) in [6.45, 7) is 0. The molecule has 1 aliphatic heterocycles. The van der Waals surface area contributed by atoms with Gasteiger partial charge in [-0.1, -0.05) is 19.3 Å². The van der Waals surface area contributed by atoms with Crippen molar-refractivity contribution in [3.8, 4) is 0 Å². The molecule has 2 rings (SSSR count). The molecule has 0 aromatic carbocycles. The Morgan fingerprint density at radius 1 is 1.25 bits per heavy atom. The van der Waals surface area contributed by atoms with E-state index < -0.39 is 0 Å². The van der Waals surface area contributed by atoms with Crippen molar-refractivity contribution in [1.82, 2.24) is 0 Å². The summed E-state index contributed by atoms with van der Waals surface area (Å²) in [4.78, 5) is 10.8. The van der Waals surface area contributed by atoms with Gasteiger partial charge in [-0.3, -0.25) is 0 Å². The summed E-state index contributed by atoms with van der Waals surface area (Å²) in [6.07, 6.45) is 9.96. The van der Waals surface area contributed by atoms with Gasteiger partial charge in [-0.05, 0) is 24.8 Å². The maximum Gasteiger partial charge on any atom is 0.331 e. The van der Waals surface area contributed by atoms with Crippen molar-refractivity contribution in [2.24, 2.45) is 5.92 Å². The van der Waals surface area contributed by atoms with E-state index in [9.17, 15) is 4.79 Å². The van der Waals surface area contributed by atoms with E-state index in [-0.39, 0.29) is 12.1 Å². The predicted octanol–water partition coefficient (Wildman–Crippen LogP) is 2.05. The summed E-state index contributed by atoms with van der Waals surface area (Å²) in [5, 5.41) is 0. The largest absolute Gasteiger partial charge is 0.455 e. The van der Waals surface area contributed by atoms with Crippen LogP contribution in [0.15, 0.2) is 12.2 Å². The zero-order valence-electron chi connectivity index (χ0n) is 7.16. The highest BCUT2D eigenvalue weighted by molar-refractivity contribution is 5.84. The van der Waals surface area contributed by atoms with Crippen LogP contribution in [-0.4, -0.2) is 12.1 Å². The second-order valence-electron chi connectivity index (χ2n) is 3.66. The standard InChI is InChI=1S/C10H14O2/c11-10-7-6-9(12-10)8-4-2-1-3-5-8/h6-9H,1-5H2/t9-/m1/s1. The number of rotatable bonds is 1. The van der Waals surface area contributed by atoms with Crippen LogP contribution in [0.3, 0.4) is 0 Å². The highest BCUT2D eigenvalue weighted by Crippen LogP contribution is 2.30. The molecule has 2 aliphatic rings. The molecule has 0 saturated heterocycles.